The molecule has 2 heterocycles. The monoisotopic (exact) mass is 447 g/mol. The molecule has 0 fully saturated rings. The highest BCUT2D eigenvalue weighted by Crippen LogP contribution is 2.33. The van der Waals surface area contributed by atoms with Crippen molar-refractivity contribution < 1.29 is 13.9 Å². The lowest BCUT2D eigenvalue weighted by atomic mass is 9.99. The van der Waals surface area contributed by atoms with E-state index in [1.165, 1.54) is 12.1 Å². The Labute approximate surface area is 191 Å². The number of aromatic nitrogens is 3. The van der Waals surface area contributed by atoms with Crippen LogP contribution in [0.25, 0.3) is 22.0 Å². The Balaban J connectivity index is 1.69. The third-order valence-corrected chi connectivity index (χ3v) is 5.64. The van der Waals surface area contributed by atoms with Gasteiger partial charge in [-0.2, -0.15) is 5.10 Å². The molecule has 1 atom stereocenters. The number of carbonyl (C=O) groups excluding carboxylic acids is 1. The molecule has 4 rings (SSSR count). The molecule has 2 aromatic heterocycles. The molecule has 0 spiro atoms. The molecule has 0 aliphatic rings. The van der Waals surface area contributed by atoms with Gasteiger partial charge in [0.25, 0.3) is 5.91 Å². The van der Waals surface area contributed by atoms with E-state index in [2.05, 4.69) is 15.2 Å². The summed E-state index contributed by atoms with van der Waals surface area (Å²) in [5.74, 6) is 0.00725. The topological polar surface area (TPSA) is 97.1 Å². The number of pyridine rings is 1. The zero-order valence-corrected chi connectivity index (χ0v) is 18.6. The van der Waals surface area contributed by atoms with Crippen LogP contribution in [0.15, 0.2) is 61.1 Å². The second-order valence-corrected chi connectivity index (χ2v) is 7.73. The fourth-order valence-electron chi connectivity index (χ4n) is 4.03. The van der Waals surface area contributed by atoms with E-state index in [0.717, 1.165) is 22.0 Å². The number of hydrogen-bond donors (Lipinski definition) is 2. The Bertz CT molecular complexity index is 1270. The van der Waals surface area contributed by atoms with Crippen LogP contribution in [0.4, 0.5) is 4.39 Å². The fraction of sp³-hybridized carbons (Fsp3) is 0.240. The van der Waals surface area contributed by atoms with Gasteiger partial charge in [-0.3, -0.25) is 14.9 Å². The zero-order valence-electron chi connectivity index (χ0n) is 18.6. The van der Waals surface area contributed by atoms with Crippen molar-refractivity contribution in [1.29, 1.82) is 0 Å². The third-order valence-electron chi connectivity index (χ3n) is 5.64. The van der Waals surface area contributed by atoms with Gasteiger partial charge < -0.3 is 15.4 Å². The standard InChI is InChI=1S/C25H26FN5O2/c1-3-33-23-12-17(7-8-20(23)16-5-4-6-19(26)11-16)25(32)31(2)22(9-10-27)21-15-28-13-18-14-29-30-24(18)21/h4-8,11-15,22H,3,9-10,27H2,1-2H3,(H,29,30). The molecule has 170 valence electrons. The van der Waals surface area contributed by atoms with Crippen LogP contribution in [-0.2, 0) is 0 Å². The molecule has 1 unspecified atom stereocenters. The van der Waals surface area contributed by atoms with Crippen LogP contribution in [0.5, 0.6) is 5.75 Å². The summed E-state index contributed by atoms with van der Waals surface area (Å²) in [4.78, 5) is 19.5. The van der Waals surface area contributed by atoms with Gasteiger partial charge in [0.15, 0.2) is 0 Å². The average Bonchev–Trinajstić information content (AvgIpc) is 3.31. The van der Waals surface area contributed by atoms with Crippen LogP contribution in [0, 0.1) is 5.82 Å². The van der Waals surface area contributed by atoms with Gasteiger partial charge in [0, 0.05) is 41.5 Å². The summed E-state index contributed by atoms with van der Waals surface area (Å²) in [5, 5.41) is 7.97. The number of rotatable bonds is 8. The number of nitrogens with zero attached hydrogens (tertiary/aromatic N) is 3. The molecule has 0 saturated heterocycles. The summed E-state index contributed by atoms with van der Waals surface area (Å²) >= 11 is 0. The number of fused-ring (bicyclic) bond motifs is 1. The molecule has 4 aromatic rings. The van der Waals surface area contributed by atoms with E-state index in [4.69, 9.17) is 10.5 Å². The Kier molecular flexibility index (Phi) is 6.65. The second-order valence-electron chi connectivity index (χ2n) is 7.73. The van der Waals surface area contributed by atoms with Gasteiger partial charge in [0.2, 0.25) is 0 Å². The van der Waals surface area contributed by atoms with Gasteiger partial charge in [0.05, 0.1) is 24.4 Å². The van der Waals surface area contributed by atoms with Gasteiger partial charge >= 0.3 is 0 Å². The Morgan fingerprint density at radius 3 is 2.82 bits per heavy atom. The molecule has 2 aromatic carbocycles. The molecule has 7 nitrogen and oxygen atoms in total. The van der Waals surface area contributed by atoms with Crippen LogP contribution < -0.4 is 10.5 Å². The molecule has 0 aliphatic heterocycles. The first kappa shape index (κ1) is 22.4. The molecular weight excluding hydrogens is 421 g/mol. The SMILES string of the molecule is CCOc1cc(C(=O)N(C)C(CCN)c2cncc3cn[nH]c23)ccc1-c1cccc(F)c1. The Morgan fingerprint density at radius 2 is 2.06 bits per heavy atom. The lowest BCUT2D eigenvalue weighted by molar-refractivity contribution is 0.0724. The van der Waals surface area contributed by atoms with Crippen LogP contribution in [0.3, 0.4) is 0 Å². The number of aromatic amines is 1. The molecule has 0 bridgehead atoms. The van der Waals surface area contributed by atoms with Crippen LogP contribution in [-0.4, -0.2) is 46.2 Å². The molecule has 0 saturated carbocycles. The van der Waals surface area contributed by atoms with Crippen molar-refractivity contribution in [2.75, 3.05) is 20.2 Å². The Morgan fingerprint density at radius 1 is 1.21 bits per heavy atom. The summed E-state index contributed by atoms with van der Waals surface area (Å²) in [6.07, 6.45) is 5.72. The molecule has 0 radical (unpaired) electrons. The van der Waals surface area contributed by atoms with Crippen molar-refractivity contribution in [2.24, 2.45) is 5.73 Å². The van der Waals surface area contributed by atoms with Gasteiger partial charge in [-0.25, -0.2) is 4.39 Å². The number of ether oxygens (including phenoxy) is 1. The van der Waals surface area contributed by atoms with Crippen LogP contribution in [0.2, 0.25) is 0 Å². The maximum atomic E-state index is 13.8. The predicted octanol–water partition coefficient (Wildman–Crippen LogP) is 4.32. The number of hydrogen-bond acceptors (Lipinski definition) is 5. The average molecular weight is 448 g/mol. The van der Waals surface area contributed by atoms with Gasteiger partial charge in [-0.15, -0.1) is 0 Å². The summed E-state index contributed by atoms with van der Waals surface area (Å²) < 4.78 is 19.6. The van der Waals surface area contributed by atoms with E-state index < -0.39 is 0 Å². The summed E-state index contributed by atoms with van der Waals surface area (Å²) in [6, 6.07) is 11.2. The van der Waals surface area contributed by atoms with E-state index in [0.29, 0.717) is 36.4 Å². The van der Waals surface area contributed by atoms with Crippen molar-refractivity contribution in [3.63, 3.8) is 0 Å². The minimum absolute atomic E-state index is 0.184. The van der Waals surface area contributed by atoms with Crippen molar-refractivity contribution in [3.05, 3.63) is 78.0 Å². The second kappa shape index (κ2) is 9.79. The van der Waals surface area contributed by atoms with Crippen LogP contribution >= 0.6 is 0 Å². The van der Waals surface area contributed by atoms with Crippen LogP contribution in [0.1, 0.15) is 35.3 Å². The molecular formula is C25H26FN5O2. The molecule has 3 N–H and O–H groups in total. The molecule has 0 aliphatic carbocycles. The number of carbonyl (C=O) groups is 1. The minimum Gasteiger partial charge on any atom is -0.493 e. The first-order valence-electron chi connectivity index (χ1n) is 10.8. The summed E-state index contributed by atoms with van der Waals surface area (Å²) in [5.41, 5.74) is 9.45. The predicted molar refractivity (Wildman–Crippen MR) is 125 cm³/mol. The first-order chi connectivity index (χ1) is 16.0. The highest BCUT2D eigenvalue weighted by Gasteiger charge is 2.25. The number of benzene rings is 2. The number of amides is 1. The largest absolute Gasteiger partial charge is 0.493 e. The van der Waals surface area contributed by atoms with Crippen molar-refractivity contribution in [3.8, 4) is 16.9 Å². The van der Waals surface area contributed by atoms with E-state index in [1.807, 2.05) is 13.0 Å². The maximum absolute atomic E-state index is 13.8. The summed E-state index contributed by atoms with van der Waals surface area (Å²) in [6.45, 7) is 2.68. The van der Waals surface area contributed by atoms with Gasteiger partial charge in [-0.1, -0.05) is 12.1 Å². The lowest BCUT2D eigenvalue weighted by Gasteiger charge is -2.29. The number of nitrogens with one attached hydrogen (secondary N) is 1. The quantitative estimate of drug-likeness (QED) is 0.419. The first-order valence-corrected chi connectivity index (χ1v) is 10.8. The maximum Gasteiger partial charge on any atom is 0.254 e. The highest BCUT2D eigenvalue weighted by molar-refractivity contribution is 5.96. The zero-order chi connectivity index (χ0) is 23.4. The number of H-pyrrole nitrogens is 1. The minimum atomic E-state index is -0.332. The fourth-order valence-corrected chi connectivity index (χ4v) is 4.03. The van der Waals surface area contributed by atoms with Crippen molar-refractivity contribution in [1.82, 2.24) is 20.1 Å². The molecule has 8 heteroatoms. The van der Waals surface area contributed by atoms with Gasteiger partial charge in [0.1, 0.15) is 11.6 Å². The number of halogens is 1. The number of nitrogens with two attached hydrogens (primary N) is 1. The van der Waals surface area contributed by atoms with E-state index in [1.54, 1.807) is 54.8 Å². The summed E-state index contributed by atoms with van der Waals surface area (Å²) in [7, 11) is 1.75. The van der Waals surface area contributed by atoms with Crippen molar-refractivity contribution >= 4 is 16.8 Å². The van der Waals surface area contributed by atoms with E-state index in [-0.39, 0.29) is 17.8 Å². The highest BCUT2D eigenvalue weighted by atomic mass is 19.1. The normalized spacial score (nSPS) is 12.0. The van der Waals surface area contributed by atoms with E-state index >= 15 is 0 Å². The van der Waals surface area contributed by atoms with E-state index in [9.17, 15) is 9.18 Å². The van der Waals surface area contributed by atoms with Crippen molar-refractivity contribution in [2.45, 2.75) is 19.4 Å². The molecule has 1 amide bonds. The van der Waals surface area contributed by atoms with Gasteiger partial charge in [-0.05, 0) is 55.8 Å². The Hall–Kier alpha value is -3.78. The smallest absolute Gasteiger partial charge is 0.254 e. The molecule has 33 heavy (non-hydrogen) atoms. The third kappa shape index (κ3) is 4.56. The lowest BCUT2D eigenvalue weighted by Crippen LogP contribution is -2.33.